The van der Waals surface area contributed by atoms with Crippen LogP contribution in [-0.4, -0.2) is 60.4 Å². The summed E-state index contributed by atoms with van der Waals surface area (Å²) in [6.07, 6.45) is 1.74. The van der Waals surface area contributed by atoms with Crippen LogP contribution in [-0.2, 0) is 11.8 Å². The first kappa shape index (κ1) is 22.0. The molecule has 1 aromatic heterocycles. The van der Waals surface area contributed by atoms with Crippen LogP contribution in [0.4, 0.5) is 0 Å². The van der Waals surface area contributed by atoms with Crippen LogP contribution >= 0.6 is 0 Å². The first-order valence-electron chi connectivity index (χ1n) is 9.90. The van der Waals surface area contributed by atoms with Gasteiger partial charge in [0.25, 0.3) is 0 Å². The lowest BCUT2D eigenvalue weighted by Crippen LogP contribution is -2.36. The fourth-order valence-electron chi connectivity index (χ4n) is 3.41. The Morgan fingerprint density at radius 1 is 1.20 bits per heavy atom. The lowest BCUT2D eigenvalue weighted by Gasteiger charge is -2.22. The molecule has 8 nitrogen and oxygen atoms in total. The Hall–Kier alpha value is -2.68. The number of carbonyl (C=O) groups is 1. The number of fused-ring (bicyclic) bond motifs is 3. The van der Waals surface area contributed by atoms with Gasteiger partial charge in [0.2, 0.25) is 0 Å². The van der Waals surface area contributed by atoms with E-state index in [0.717, 1.165) is 0 Å². The number of phenols is 1. The number of imidazole rings is 1. The van der Waals surface area contributed by atoms with E-state index in [9.17, 15) is 25.2 Å². The number of cyclic esters (lactones) is 1. The molecule has 0 spiro atoms. The molecule has 0 amide bonds. The normalized spacial score (nSPS) is 30.4. The Balaban J connectivity index is 2.17. The van der Waals surface area contributed by atoms with Crippen molar-refractivity contribution in [2.75, 3.05) is 0 Å². The molecule has 2 aromatic rings. The van der Waals surface area contributed by atoms with E-state index in [-0.39, 0.29) is 23.7 Å². The minimum absolute atomic E-state index is 0.00740. The van der Waals surface area contributed by atoms with Crippen molar-refractivity contribution in [3.63, 3.8) is 0 Å². The van der Waals surface area contributed by atoms with Crippen LogP contribution < -0.4 is 0 Å². The maximum atomic E-state index is 13.0. The number of hydrogen-bond acceptors (Lipinski definition) is 7. The Morgan fingerprint density at radius 3 is 2.60 bits per heavy atom. The van der Waals surface area contributed by atoms with Gasteiger partial charge in [0.05, 0.1) is 17.1 Å². The number of nitrogens with zero attached hydrogens (tertiary/aromatic N) is 2. The van der Waals surface area contributed by atoms with Crippen LogP contribution in [0.3, 0.4) is 0 Å². The Kier molecular flexibility index (Phi) is 6.30. The maximum Gasteiger partial charge on any atom is 0.342 e. The molecule has 0 saturated carbocycles. The summed E-state index contributed by atoms with van der Waals surface area (Å²) in [5.41, 5.74) is 1.52. The van der Waals surface area contributed by atoms with Crippen LogP contribution in [0.2, 0.25) is 0 Å². The molecule has 2 heterocycles. The van der Waals surface area contributed by atoms with E-state index in [2.05, 4.69) is 4.98 Å². The molecule has 3 rings (SSSR count). The average molecular weight is 416 g/mol. The molecular weight excluding hydrogens is 388 g/mol. The number of aliphatic hydroxyl groups excluding tert-OH is 3. The number of aromatic nitrogens is 2. The molecule has 0 unspecified atom stereocenters. The Morgan fingerprint density at radius 2 is 1.90 bits per heavy atom. The number of aryl methyl sites for hydroxylation is 2. The van der Waals surface area contributed by atoms with Gasteiger partial charge >= 0.3 is 5.97 Å². The quantitative estimate of drug-likeness (QED) is 0.381. The lowest BCUT2D eigenvalue weighted by molar-refractivity contribution is -0.0395. The smallest absolute Gasteiger partial charge is 0.342 e. The fraction of sp³-hybridized carbons (Fsp3) is 0.455. The first-order valence-corrected chi connectivity index (χ1v) is 9.90. The number of hydrogen-bond donors (Lipinski definition) is 4. The van der Waals surface area contributed by atoms with Crippen molar-refractivity contribution in [1.82, 2.24) is 9.55 Å². The van der Waals surface area contributed by atoms with E-state index < -0.39 is 30.4 Å². The summed E-state index contributed by atoms with van der Waals surface area (Å²) in [5, 5.41) is 41.2. The van der Waals surface area contributed by atoms with E-state index in [1.54, 1.807) is 43.7 Å². The van der Waals surface area contributed by atoms with Gasteiger partial charge in [-0.1, -0.05) is 31.2 Å². The molecule has 0 saturated heterocycles. The predicted octanol–water partition coefficient (Wildman–Crippen LogP) is 1.82. The number of esters is 1. The summed E-state index contributed by atoms with van der Waals surface area (Å²) in [6.45, 7) is 5.31. The van der Waals surface area contributed by atoms with Crippen molar-refractivity contribution in [3.8, 4) is 5.75 Å². The molecule has 30 heavy (non-hydrogen) atoms. The second-order valence-corrected chi connectivity index (χ2v) is 7.81. The minimum Gasteiger partial charge on any atom is -0.507 e. The lowest BCUT2D eigenvalue weighted by atomic mass is 9.98. The van der Waals surface area contributed by atoms with E-state index in [0.29, 0.717) is 22.4 Å². The van der Waals surface area contributed by atoms with Gasteiger partial charge in [0.15, 0.2) is 0 Å². The van der Waals surface area contributed by atoms with Gasteiger partial charge in [0.1, 0.15) is 35.4 Å². The van der Waals surface area contributed by atoms with Crippen LogP contribution in [0.1, 0.15) is 42.0 Å². The molecule has 0 radical (unpaired) electrons. The molecule has 1 aromatic carbocycles. The monoisotopic (exact) mass is 416 g/mol. The number of ether oxygens (including phenoxy) is 1. The molecule has 1 aliphatic heterocycles. The summed E-state index contributed by atoms with van der Waals surface area (Å²) < 4.78 is 7.37. The summed E-state index contributed by atoms with van der Waals surface area (Å²) in [7, 11) is 1.80. The highest BCUT2D eigenvalue weighted by molar-refractivity contribution is 6.03. The largest absolute Gasteiger partial charge is 0.507 e. The third kappa shape index (κ3) is 4.12. The highest BCUT2D eigenvalue weighted by Gasteiger charge is 2.27. The number of rotatable bonds is 0. The number of aliphatic hydroxyl groups is 3. The third-order valence-corrected chi connectivity index (χ3v) is 5.67. The van der Waals surface area contributed by atoms with Crippen molar-refractivity contribution < 1.29 is 30.0 Å². The molecule has 1 aliphatic rings. The zero-order valence-electron chi connectivity index (χ0n) is 17.5. The standard InChI is InChI=1S/C22H28N2O6/c1-11-8-9-17(26)21(28)16(25)7-5-6-14-19(22(29)30-12(11)2)18(27)10-15-20(14)23-13(3)24(15)4/h5-6,8-12,16-17,21,25-28H,7H2,1-4H3/b6-5+,9-8-/t11-,12+,16+,17+,21+/m1/s1. The topological polar surface area (TPSA) is 125 Å². The van der Waals surface area contributed by atoms with E-state index >= 15 is 0 Å². The summed E-state index contributed by atoms with van der Waals surface area (Å²) >= 11 is 0. The first-order chi connectivity index (χ1) is 14.1. The molecule has 8 heteroatoms. The fourth-order valence-corrected chi connectivity index (χ4v) is 3.41. The summed E-state index contributed by atoms with van der Waals surface area (Å²) in [5.74, 6) is -0.500. The van der Waals surface area contributed by atoms with E-state index in [4.69, 9.17) is 4.74 Å². The van der Waals surface area contributed by atoms with Gasteiger partial charge in [-0.15, -0.1) is 0 Å². The number of phenolic OH excluding ortho intramolecular Hbond substituents is 1. The number of carbonyl (C=O) groups excluding carboxylic acids is 1. The molecular formula is C22H28N2O6. The van der Waals surface area contributed by atoms with E-state index in [1.165, 1.54) is 12.1 Å². The van der Waals surface area contributed by atoms with Gasteiger partial charge < -0.3 is 29.7 Å². The Bertz CT molecular complexity index is 1010. The van der Waals surface area contributed by atoms with Gasteiger partial charge in [-0.2, -0.15) is 0 Å². The highest BCUT2D eigenvalue weighted by Crippen LogP contribution is 2.33. The van der Waals surface area contributed by atoms with Crippen molar-refractivity contribution >= 4 is 23.1 Å². The van der Waals surface area contributed by atoms with Gasteiger partial charge in [-0.25, -0.2) is 9.78 Å². The highest BCUT2D eigenvalue weighted by atomic mass is 16.5. The van der Waals surface area contributed by atoms with Crippen molar-refractivity contribution in [1.29, 1.82) is 0 Å². The van der Waals surface area contributed by atoms with E-state index in [1.807, 2.05) is 6.92 Å². The zero-order valence-corrected chi connectivity index (χ0v) is 17.5. The molecule has 0 aliphatic carbocycles. The van der Waals surface area contributed by atoms with Crippen LogP contribution in [0.25, 0.3) is 17.1 Å². The Labute approximate surface area is 174 Å². The van der Waals surface area contributed by atoms with Gasteiger partial charge in [0, 0.05) is 24.6 Å². The minimum atomic E-state index is -1.38. The molecule has 0 fully saturated rings. The van der Waals surface area contributed by atoms with Crippen LogP contribution in [0.15, 0.2) is 24.3 Å². The third-order valence-electron chi connectivity index (χ3n) is 5.67. The molecule has 162 valence electrons. The maximum absolute atomic E-state index is 13.0. The second-order valence-electron chi connectivity index (χ2n) is 7.81. The van der Waals surface area contributed by atoms with Crippen molar-refractivity contribution in [3.05, 3.63) is 41.2 Å². The molecule has 5 atom stereocenters. The number of benzene rings is 1. The van der Waals surface area contributed by atoms with Crippen molar-refractivity contribution in [2.45, 2.75) is 51.6 Å². The predicted molar refractivity (Wildman–Crippen MR) is 112 cm³/mol. The zero-order chi connectivity index (χ0) is 22.2. The van der Waals surface area contributed by atoms with Crippen LogP contribution in [0, 0.1) is 12.8 Å². The van der Waals surface area contributed by atoms with Crippen LogP contribution in [0.5, 0.6) is 5.75 Å². The molecule has 4 N–H and O–H groups in total. The summed E-state index contributed by atoms with van der Waals surface area (Å²) in [6, 6.07) is 1.48. The average Bonchev–Trinajstić information content (AvgIpc) is 2.98. The van der Waals surface area contributed by atoms with Gasteiger partial charge in [-0.3, -0.25) is 0 Å². The number of aromatic hydroxyl groups is 1. The van der Waals surface area contributed by atoms with Crippen molar-refractivity contribution in [2.24, 2.45) is 13.0 Å². The summed E-state index contributed by atoms with van der Waals surface area (Å²) in [4.78, 5) is 17.5. The second kappa shape index (κ2) is 8.59. The SMILES string of the molecule is Cc1nc2c3c(c(O)cc2n1C)C(=O)O[C@@H](C)[C@H](C)/C=C\[C@H](O)[C@@H](O)[C@@H](O)C/C=C/3. The molecule has 0 bridgehead atoms. The van der Waals surface area contributed by atoms with Gasteiger partial charge in [-0.05, 0) is 20.3 Å².